The number of hydrogen-bond acceptors (Lipinski definition) is 4. The van der Waals surface area contributed by atoms with Crippen LogP contribution in [0.3, 0.4) is 0 Å². The number of nitrogens with one attached hydrogen (secondary N) is 1. The number of anilines is 1. The summed E-state index contributed by atoms with van der Waals surface area (Å²) in [4.78, 5) is 8.00. The van der Waals surface area contributed by atoms with Crippen molar-refractivity contribution in [2.24, 2.45) is 5.92 Å². The molecule has 0 spiro atoms. The third-order valence-electron chi connectivity index (χ3n) is 3.09. The Morgan fingerprint density at radius 2 is 2.12 bits per heavy atom. The third-order valence-corrected chi connectivity index (χ3v) is 3.85. The molecule has 1 aromatic heterocycles. The van der Waals surface area contributed by atoms with Gasteiger partial charge in [0.1, 0.15) is 5.82 Å². The zero-order valence-electron chi connectivity index (χ0n) is 9.37. The summed E-state index contributed by atoms with van der Waals surface area (Å²) in [6.07, 6.45) is 5.46. The van der Waals surface area contributed by atoms with Gasteiger partial charge in [-0.1, -0.05) is 0 Å². The highest BCUT2D eigenvalue weighted by Crippen LogP contribution is 2.26. The Morgan fingerprint density at radius 1 is 1.41 bits per heavy atom. The lowest BCUT2D eigenvalue weighted by atomic mass is 9.87. The van der Waals surface area contributed by atoms with Crippen molar-refractivity contribution in [1.29, 1.82) is 0 Å². The predicted octanol–water partition coefficient (Wildman–Crippen LogP) is 2.86. The van der Waals surface area contributed by atoms with E-state index in [4.69, 9.17) is 11.6 Å². The highest BCUT2D eigenvalue weighted by atomic mass is 79.9. The van der Waals surface area contributed by atoms with Gasteiger partial charge in [-0.3, -0.25) is 0 Å². The molecule has 6 heteroatoms. The van der Waals surface area contributed by atoms with Crippen LogP contribution in [0.15, 0.2) is 10.7 Å². The average molecular weight is 321 g/mol. The maximum absolute atomic E-state index is 9.43. The minimum atomic E-state index is -0.105. The highest BCUT2D eigenvalue weighted by Gasteiger charge is 2.19. The van der Waals surface area contributed by atoms with Gasteiger partial charge in [-0.05, 0) is 59.1 Å². The first-order valence-electron chi connectivity index (χ1n) is 5.75. The molecule has 0 amide bonds. The van der Waals surface area contributed by atoms with Crippen molar-refractivity contribution in [1.82, 2.24) is 9.97 Å². The van der Waals surface area contributed by atoms with Crippen molar-refractivity contribution >= 4 is 33.3 Å². The van der Waals surface area contributed by atoms with Crippen LogP contribution < -0.4 is 5.32 Å². The zero-order chi connectivity index (χ0) is 12.3. The number of aromatic nitrogens is 2. The monoisotopic (exact) mass is 319 g/mol. The van der Waals surface area contributed by atoms with E-state index in [2.05, 4.69) is 31.2 Å². The van der Waals surface area contributed by atoms with Gasteiger partial charge in [-0.2, -0.15) is 4.98 Å². The number of rotatable bonds is 3. The van der Waals surface area contributed by atoms with Crippen molar-refractivity contribution in [3.63, 3.8) is 0 Å². The van der Waals surface area contributed by atoms with Crippen LogP contribution in [-0.2, 0) is 0 Å². The molecule has 94 valence electrons. The van der Waals surface area contributed by atoms with Crippen molar-refractivity contribution in [3.8, 4) is 0 Å². The fourth-order valence-corrected chi connectivity index (χ4v) is 2.52. The van der Waals surface area contributed by atoms with E-state index >= 15 is 0 Å². The van der Waals surface area contributed by atoms with Gasteiger partial charge in [-0.15, -0.1) is 0 Å². The molecule has 4 nitrogen and oxygen atoms in total. The lowest BCUT2D eigenvalue weighted by Crippen LogP contribution is -2.23. The first kappa shape index (κ1) is 13.1. The maximum Gasteiger partial charge on any atom is 0.224 e. The number of aliphatic hydroxyl groups excluding tert-OH is 1. The van der Waals surface area contributed by atoms with E-state index in [1.165, 1.54) is 0 Å². The van der Waals surface area contributed by atoms with Crippen LogP contribution >= 0.6 is 27.5 Å². The molecule has 0 bridgehead atoms. The summed E-state index contributed by atoms with van der Waals surface area (Å²) in [5.41, 5.74) is 0. The Bertz CT molecular complexity index is 383. The van der Waals surface area contributed by atoms with Crippen molar-refractivity contribution in [3.05, 3.63) is 16.0 Å². The molecule has 17 heavy (non-hydrogen) atoms. The smallest absolute Gasteiger partial charge is 0.224 e. The Hall–Kier alpha value is -0.390. The SMILES string of the molecule is OC1CCC(CNc2nc(Cl)ncc2Br)CC1. The number of nitrogens with zero attached hydrogens (tertiary/aromatic N) is 2. The molecule has 2 N–H and O–H groups in total. The van der Waals surface area contributed by atoms with Crippen LogP contribution in [0.2, 0.25) is 5.28 Å². The Kier molecular flexibility index (Phi) is 4.59. The summed E-state index contributed by atoms with van der Waals surface area (Å²) in [6, 6.07) is 0. The van der Waals surface area contributed by atoms with Crippen molar-refractivity contribution in [2.45, 2.75) is 31.8 Å². The molecular weight excluding hydrogens is 305 g/mol. The maximum atomic E-state index is 9.43. The Labute approximate surface area is 114 Å². The Morgan fingerprint density at radius 3 is 2.82 bits per heavy atom. The van der Waals surface area contributed by atoms with Crippen LogP contribution in [0, 0.1) is 5.92 Å². The normalized spacial score (nSPS) is 24.6. The summed E-state index contributed by atoms with van der Waals surface area (Å²) in [5.74, 6) is 1.33. The fourth-order valence-electron chi connectivity index (χ4n) is 2.06. The lowest BCUT2D eigenvalue weighted by Gasteiger charge is -2.25. The van der Waals surface area contributed by atoms with Gasteiger partial charge in [0.05, 0.1) is 10.6 Å². The minimum Gasteiger partial charge on any atom is -0.393 e. The summed E-state index contributed by atoms with van der Waals surface area (Å²) in [5, 5.41) is 12.9. The van der Waals surface area contributed by atoms with Crippen LogP contribution in [0.4, 0.5) is 5.82 Å². The molecule has 1 heterocycles. The van der Waals surface area contributed by atoms with Crippen molar-refractivity contribution in [2.75, 3.05) is 11.9 Å². The summed E-state index contributed by atoms with van der Waals surface area (Å²) in [6.45, 7) is 0.860. The number of aliphatic hydroxyl groups is 1. The van der Waals surface area contributed by atoms with E-state index in [1.807, 2.05) is 0 Å². The second-order valence-electron chi connectivity index (χ2n) is 4.39. The standard InChI is InChI=1S/C11H15BrClN3O/c12-9-6-15-11(13)16-10(9)14-5-7-1-3-8(17)4-2-7/h6-8,17H,1-5H2,(H,14,15,16). The predicted molar refractivity (Wildman–Crippen MR) is 71.2 cm³/mol. The second-order valence-corrected chi connectivity index (χ2v) is 5.58. The molecule has 1 aromatic rings. The van der Waals surface area contributed by atoms with Gasteiger partial charge >= 0.3 is 0 Å². The molecule has 1 saturated carbocycles. The molecule has 1 fully saturated rings. The fraction of sp³-hybridized carbons (Fsp3) is 0.636. The van der Waals surface area contributed by atoms with Crippen LogP contribution in [0.25, 0.3) is 0 Å². The molecule has 1 aliphatic carbocycles. The highest BCUT2D eigenvalue weighted by molar-refractivity contribution is 9.10. The minimum absolute atomic E-state index is 0.105. The van der Waals surface area contributed by atoms with E-state index in [0.717, 1.165) is 42.5 Å². The van der Waals surface area contributed by atoms with Gasteiger partial charge < -0.3 is 10.4 Å². The van der Waals surface area contributed by atoms with Crippen LogP contribution in [0.5, 0.6) is 0 Å². The number of halogens is 2. The lowest BCUT2D eigenvalue weighted by molar-refractivity contribution is 0.111. The van der Waals surface area contributed by atoms with E-state index in [1.54, 1.807) is 6.20 Å². The number of hydrogen-bond donors (Lipinski definition) is 2. The molecule has 1 aliphatic rings. The molecule has 0 aliphatic heterocycles. The van der Waals surface area contributed by atoms with E-state index in [0.29, 0.717) is 5.92 Å². The van der Waals surface area contributed by atoms with Gasteiger partial charge in [0.15, 0.2) is 0 Å². The quantitative estimate of drug-likeness (QED) is 0.841. The molecule has 0 radical (unpaired) electrons. The molecule has 2 rings (SSSR count). The Balaban J connectivity index is 1.87. The van der Waals surface area contributed by atoms with E-state index in [9.17, 15) is 5.11 Å². The van der Waals surface area contributed by atoms with Crippen molar-refractivity contribution < 1.29 is 5.11 Å². The van der Waals surface area contributed by atoms with E-state index < -0.39 is 0 Å². The first-order chi connectivity index (χ1) is 8.15. The van der Waals surface area contributed by atoms with Crippen LogP contribution in [0.1, 0.15) is 25.7 Å². The second kappa shape index (κ2) is 5.98. The molecule has 0 unspecified atom stereocenters. The topological polar surface area (TPSA) is 58.0 Å². The largest absolute Gasteiger partial charge is 0.393 e. The summed E-state index contributed by atoms with van der Waals surface area (Å²) < 4.78 is 0.817. The van der Waals surface area contributed by atoms with Gasteiger partial charge in [0, 0.05) is 12.7 Å². The molecule has 0 saturated heterocycles. The van der Waals surface area contributed by atoms with E-state index in [-0.39, 0.29) is 11.4 Å². The van der Waals surface area contributed by atoms with Gasteiger partial charge in [-0.25, -0.2) is 4.98 Å². The third kappa shape index (κ3) is 3.79. The average Bonchev–Trinajstić information content (AvgIpc) is 2.32. The summed E-state index contributed by atoms with van der Waals surface area (Å²) in [7, 11) is 0. The molecular formula is C11H15BrClN3O. The molecule has 0 atom stereocenters. The van der Waals surface area contributed by atoms with Gasteiger partial charge in [0.25, 0.3) is 0 Å². The molecule has 0 aromatic carbocycles. The first-order valence-corrected chi connectivity index (χ1v) is 6.92. The van der Waals surface area contributed by atoms with Gasteiger partial charge in [0.2, 0.25) is 5.28 Å². The summed E-state index contributed by atoms with van der Waals surface area (Å²) >= 11 is 9.12. The zero-order valence-corrected chi connectivity index (χ0v) is 11.7. The van der Waals surface area contributed by atoms with Crippen LogP contribution in [-0.4, -0.2) is 27.7 Å².